The van der Waals surface area contributed by atoms with Crippen LogP contribution in [0.3, 0.4) is 0 Å². The molecule has 0 saturated heterocycles. The number of nitrogens with zero attached hydrogens (tertiary/aromatic N) is 2. The summed E-state index contributed by atoms with van der Waals surface area (Å²) < 4.78 is 0. The molecule has 0 aromatic carbocycles. The Morgan fingerprint density at radius 2 is 1.73 bits per heavy atom. The highest BCUT2D eigenvalue weighted by Crippen LogP contribution is 2.17. The monoisotopic (exact) mass is 374 g/mol. The first-order valence-corrected chi connectivity index (χ1v) is 9.25. The summed E-state index contributed by atoms with van der Waals surface area (Å²) in [6.45, 7) is 2.85. The Bertz CT molecular complexity index is 746. The van der Waals surface area contributed by atoms with Gasteiger partial charge in [-0.15, -0.1) is 11.3 Å². The van der Waals surface area contributed by atoms with Gasteiger partial charge < -0.3 is 10.6 Å². The number of carbonyl (C=O) groups is 3. The quantitative estimate of drug-likeness (QED) is 0.463. The van der Waals surface area contributed by atoms with Crippen molar-refractivity contribution in [2.45, 2.75) is 32.6 Å². The van der Waals surface area contributed by atoms with E-state index >= 15 is 0 Å². The van der Waals surface area contributed by atoms with Crippen molar-refractivity contribution in [2.75, 3.05) is 18.4 Å². The minimum Gasteiger partial charge on any atom is -0.354 e. The van der Waals surface area contributed by atoms with Crippen LogP contribution in [0.1, 0.15) is 40.2 Å². The molecule has 0 atom stereocenters. The van der Waals surface area contributed by atoms with E-state index < -0.39 is 0 Å². The van der Waals surface area contributed by atoms with Crippen LogP contribution in [0.15, 0.2) is 30.6 Å². The second-order valence-electron chi connectivity index (χ2n) is 5.72. The second kappa shape index (κ2) is 10.4. The summed E-state index contributed by atoms with van der Waals surface area (Å²) in [7, 11) is 0. The maximum absolute atomic E-state index is 12.0. The van der Waals surface area contributed by atoms with Crippen LogP contribution in [-0.4, -0.2) is 40.5 Å². The number of ketones is 2. The van der Waals surface area contributed by atoms with E-state index in [1.165, 1.54) is 11.3 Å². The van der Waals surface area contributed by atoms with Crippen molar-refractivity contribution in [1.29, 1.82) is 0 Å². The summed E-state index contributed by atoms with van der Waals surface area (Å²) in [6, 6.07) is 5.40. The maximum Gasteiger partial charge on any atom is 0.222 e. The average molecular weight is 374 g/mol. The minimum atomic E-state index is -0.186. The van der Waals surface area contributed by atoms with Crippen molar-refractivity contribution in [3.8, 4) is 0 Å². The lowest BCUT2D eigenvalue weighted by molar-refractivity contribution is -0.125. The number of hydrogen-bond donors (Lipinski definition) is 2. The number of amides is 1. The molecule has 0 radical (unpaired) electrons. The van der Waals surface area contributed by atoms with Gasteiger partial charge >= 0.3 is 0 Å². The molecule has 2 heterocycles. The van der Waals surface area contributed by atoms with Crippen LogP contribution in [0.2, 0.25) is 0 Å². The van der Waals surface area contributed by atoms with E-state index in [0.717, 1.165) is 4.88 Å². The molecule has 0 aliphatic carbocycles. The fourth-order valence-electron chi connectivity index (χ4n) is 2.19. The molecule has 7 nitrogen and oxygen atoms in total. The van der Waals surface area contributed by atoms with Crippen molar-refractivity contribution >= 4 is 34.8 Å². The van der Waals surface area contributed by atoms with Gasteiger partial charge in [-0.3, -0.25) is 14.4 Å². The zero-order valence-corrected chi connectivity index (χ0v) is 15.5. The minimum absolute atomic E-state index is 0.0184. The molecule has 0 saturated carbocycles. The fourth-order valence-corrected chi connectivity index (χ4v) is 3.03. The Morgan fingerprint density at radius 1 is 1.00 bits per heavy atom. The highest BCUT2D eigenvalue weighted by molar-refractivity contribution is 7.14. The van der Waals surface area contributed by atoms with E-state index in [1.807, 2.05) is 13.0 Å². The van der Waals surface area contributed by atoms with E-state index in [4.69, 9.17) is 0 Å². The second-order valence-corrected chi connectivity index (χ2v) is 7.01. The summed E-state index contributed by atoms with van der Waals surface area (Å²) in [5.74, 6) is 0.226. The van der Waals surface area contributed by atoms with Crippen molar-refractivity contribution in [2.24, 2.45) is 0 Å². The van der Waals surface area contributed by atoms with E-state index in [2.05, 4.69) is 20.6 Å². The third-order valence-corrected chi connectivity index (χ3v) is 4.61. The molecule has 8 heteroatoms. The first-order valence-electron chi connectivity index (χ1n) is 8.43. The molecule has 1 amide bonds. The van der Waals surface area contributed by atoms with Crippen molar-refractivity contribution in [1.82, 2.24) is 15.3 Å². The Balaban J connectivity index is 1.55. The van der Waals surface area contributed by atoms with Gasteiger partial charge in [-0.1, -0.05) is 0 Å². The number of aryl methyl sites for hydroxylation is 1. The maximum atomic E-state index is 12.0. The molecular weight excluding hydrogens is 352 g/mol. The molecule has 0 spiro atoms. The summed E-state index contributed by atoms with van der Waals surface area (Å²) in [5.41, 5.74) is 0. The van der Waals surface area contributed by atoms with Gasteiger partial charge in [0.2, 0.25) is 11.9 Å². The van der Waals surface area contributed by atoms with Crippen LogP contribution < -0.4 is 10.6 Å². The third-order valence-electron chi connectivity index (χ3n) is 3.57. The Morgan fingerprint density at radius 3 is 2.42 bits per heavy atom. The van der Waals surface area contributed by atoms with Crippen LogP contribution >= 0.6 is 11.3 Å². The molecule has 2 aromatic rings. The van der Waals surface area contributed by atoms with Gasteiger partial charge in [-0.2, -0.15) is 0 Å². The summed E-state index contributed by atoms with van der Waals surface area (Å²) >= 11 is 1.44. The van der Waals surface area contributed by atoms with Gasteiger partial charge in [-0.25, -0.2) is 9.97 Å². The lowest BCUT2D eigenvalue weighted by Gasteiger charge is -2.06. The highest BCUT2D eigenvalue weighted by atomic mass is 32.1. The number of hydrogen-bond acceptors (Lipinski definition) is 7. The number of nitrogens with one attached hydrogen (secondary N) is 2. The predicted molar refractivity (Wildman–Crippen MR) is 100 cm³/mol. The summed E-state index contributed by atoms with van der Waals surface area (Å²) in [5, 5.41) is 5.70. The Hall–Kier alpha value is -2.61. The Labute approximate surface area is 156 Å². The molecule has 2 N–H and O–H groups in total. The van der Waals surface area contributed by atoms with Gasteiger partial charge in [0.05, 0.1) is 4.88 Å². The van der Waals surface area contributed by atoms with Crippen LogP contribution in [0.25, 0.3) is 0 Å². The average Bonchev–Trinajstić information content (AvgIpc) is 3.09. The fraction of sp³-hybridized carbons (Fsp3) is 0.389. The number of carbonyl (C=O) groups excluding carboxylic acids is 3. The molecule has 0 fully saturated rings. The normalized spacial score (nSPS) is 10.3. The van der Waals surface area contributed by atoms with Gasteiger partial charge in [0.1, 0.15) is 5.78 Å². The van der Waals surface area contributed by atoms with Gasteiger partial charge in [0.15, 0.2) is 5.78 Å². The van der Waals surface area contributed by atoms with Crippen molar-refractivity contribution < 1.29 is 14.4 Å². The smallest absolute Gasteiger partial charge is 0.222 e. The summed E-state index contributed by atoms with van der Waals surface area (Å²) in [4.78, 5) is 45.3. The molecule has 0 aliphatic rings. The molecular formula is C18H22N4O3S. The third kappa shape index (κ3) is 7.10. The first kappa shape index (κ1) is 19.7. The topological polar surface area (TPSA) is 101 Å². The first-order chi connectivity index (χ1) is 12.5. The predicted octanol–water partition coefficient (Wildman–Crippen LogP) is 2.39. The molecule has 2 rings (SSSR count). The molecule has 0 aliphatic heterocycles. The zero-order chi connectivity index (χ0) is 18.8. The van der Waals surface area contributed by atoms with E-state index in [1.54, 1.807) is 24.5 Å². The van der Waals surface area contributed by atoms with Crippen LogP contribution in [-0.2, 0) is 9.59 Å². The van der Waals surface area contributed by atoms with Gasteiger partial charge in [-0.05, 0) is 25.1 Å². The van der Waals surface area contributed by atoms with E-state index in [0.29, 0.717) is 23.9 Å². The molecule has 0 unspecified atom stereocenters. The largest absolute Gasteiger partial charge is 0.354 e. The molecule has 0 bridgehead atoms. The van der Waals surface area contributed by atoms with E-state index in [-0.39, 0.29) is 43.2 Å². The number of rotatable bonds is 11. The summed E-state index contributed by atoms with van der Waals surface area (Å²) in [6.07, 6.45) is 3.91. The molecule has 138 valence electrons. The van der Waals surface area contributed by atoms with E-state index in [9.17, 15) is 14.4 Å². The number of thiophene rings is 1. The van der Waals surface area contributed by atoms with Crippen LogP contribution in [0, 0.1) is 6.92 Å². The Kier molecular flexibility index (Phi) is 7.88. The molecule has 26 heavy (non-hydrogen) atoms. The van der Waals surface area contributed by atoms with Crippen LogP contribution in [0.4, 0.5) is 5.95 Å². The number of anilines is 1. The van der Waals surface area contributed by atoms with Crippen molar-refractivity contribution in [3.63, 3.8) is 0 Å². The zero-order valence-electron chi connectivity index (χ0n) is 14.7. The van der Waals surface area contributed by atoms with Crippen molar-refractivity contribution in [3.05, 3.63) is 40.3 Å². The van der Waals surface area contributed by atoms with Crippen LogP contribution in [0.5, 0.6) is 0 Å². The molecule has 2 aromatic heterocycles. The lowest BCUT2D eigenvalue weighted by atomic mass is 10.1. The number of Topliss-reactive ketones (excluding diaryl/α,β-unsaturated/α-hetero) is 2. The van der Waals surface area contributed by atoms with Gasteiger partial charge in [0, 0.05) is 56.0 Å². The van der Waals surface area contributed by atoms with Gasteiger partial charge in [0.25, 0.3) is 0 Å². The highest BCUT2D eigenvalue weighted by Gasteiger charge is 2.12. The SMILES string of the molecule is Cc1ccc(C(=O)CCC(=O)CCC(=O)NCCNc2ncccn2)s1. The lowest BCUT2D eigenvalue weighted by Crippen LogP contribution is -2.29. The standard InChI is InChI=1S/C18H22N4O3S/c1-13-3-7-16(26-13)15(24)6-4-14(23)5-8-17(25)19-11-12-22-18-20-9-2-10-21-18/h2-3,7,9-10H,4-6,8,11-12H2,1H3,(H,19,25)(H,20,21,22). The number of aromatic nitrogens is 2.